The number of rotatable bonds is 6. The Morgan fingerprint density at radius 3 is 2.67 bits per heavy atom. The molecule has 0 saturated heterocycles. The summed E-state index contributed by atoms with van der Waals surface area (Å²) in [4.78, 5) is 12.7. The van der Waals surface area contributed by atoms with Crippen LogP contribution in [-0.2, 0) is 6.54 Å². The highest BCUT2D eigenvalue weighted by Gasteiger charge is 2.22. The molecule has 0 amide bonds. The van der Waals surface area contributed by atoms with Crippen LogP contribution in [0.5, 0.6) is 0 Å². The van der Waals surface area contributed by atoms with Gasteiger partial charge in [0.15, 0.2) is 0 Å². The molecule has 5 nitrogen and oxygen atoms in total. The third-order valence-electron chi connectivity index (χ3n) is 4.09. The van der Waals surface area contributed by atoms with E-state index in [0.29, 0.717) is 24.2 Å². The zero-order chi connectivity index (χ0) is 15.2. The summed E-state index contributed by atoms with van der Waals surface area (Å²) in [7, 11) is 0. The fourth-order valence-electron chi connectivity index (χ4n) is 2.98. The van der Waals surface area contributed by atoms with Crippen LogP contribution in [0, 0.1) is 10.1 Å². The smallest absolute Gasteiger partial charge is 0.269 e. The van der Waals surface area contributed by atoms with Crippen molar-refractivity contribution in [3.63, 3.8) is 0 Å². The highest BCUT2D eigenvalue weighted by atomic mass is 35.5. The van der Waals surface area contributed by atoms with Crippen molar-refractivity contribution in [1.29, 1.82) is 0 Å². The van der Waals surface area contributed by atoms with E-state index in [4.69, 9.17) is 11.6 Å². The Hall–Kier alpha value is -1.17. The summed E-state index contributed by atoms with van der Waals surface area (Å²) in [5, 5.41) is 20.7. The van der Waals surface area contributed by atoms with Gasteiger partial charge in [-0.2, -0.15) is 0 Å². The molecule has 0 heterocycles. The SMILES string of the molecule is O=[N+]([O-])c1ccc(Cl)c(CN(CCO)C2CCCCC2)c1. The second-order valence-electron chi connectivity index (χ2n) is 5.52. The van der Waals surface area contributed by atoms with Gasteiger partial charge in [0.25, 0.3) is 5.69 Å². The average molecular weight is 313 g/mol. The van der Waals surface area contributed by atoms with E-state index < -0.39 is 4.92 Å². The van der Waals surface area contributed by atoms with Gasteiger partial charge in [-0.1, -0.05) is 30.9 Å². The Morgan fingerprint density at radius 1 is 1.33 bits per heavy atom. The average Bonchev–Trinajstić information content (AvgIpc) is 2.49. The standard InChI is InChI=1S/C15H21ClN2O3/c16-15-7-6-14(18(20)21)10-12(15)11-17(8-9-19)13-4-2-1-3-5-13/h6-7,10,13,19H,1-5,8-9,11H2. The van der Waals surface area contributed by atoms with Gasteiger partial charge in [0.1, 0.15) is 0 Å². The lowest BCUT2D eigenvalue weighted by molar-refractivity contribution is -0.384. The Balaban J connectivity index is 2.15. The first-order valence-corrected chi connectivity index (χ1v) is 7.77. The van der Waals surface area contributed by atoms with Crippen molar-refractivity contribution in [3.8, 4) is 0 Å². The van der Waals surface area contributed by atoms with Gasteiger partial charge in [0.05, 0.1) is 11.5 Å². The molecule has 6 heteroatoms. The van der Waals surface area contributed by atoms with Gasteiger partial charge >= 0.3 is 0 Å². The van der Waals surface area contributed by atoms with E-state index in [1.54, 1.807) is 6.07 Å². The molecule has 21 heavy (non-hydrogen) atoms. The zero-order valence-electron chi connectivity index (χ0n) is 12.0. The molecule has 1 aliphatic rings. The maximum atomic E-state index is 10.9. The molecular formula is C15H21ClN2O3. The van der Waals surface area contributed by atoms with Crippen molar-refractivity contribution >= 4 is 17.3 Å². The summed E-state index contributed by atoms with van der Waals surface area (Å²) < 4.78 is 0. The van der Waals surface area contributed by atoms with Gasteiger partial charge in [-0.25, -0.2) is 0 Å². The van der Waals surface area contributed by atoms with Crippen LogP contribution in [-0.4, -0.2) is 34.1 Å². The monoisotopic (exact) mass is 312 g/mol. The number of hydrogen-bond donors (Lipinski definition) is 1. The normalized spacial score (nSPS) is 16.3. The van der Waals surface area contributed by atoms with Gasteiger partial charge in [-0.05, 0) is 24.5 Å². The molecule has 0 spiro atoms. The van der Waals surface area contributed by atoms with Crippen molar-refractivity contribution in [2.75, 3.05) is 13.2 Å². The third kappa shape index (κ3) is 4.40. The summed E-state index contributed by atoms with van der Waals surface area (Å²) >= 11 is 6.17. The molecule has 0 aromatic heterocycles. The molecule has 0 atom stereocenters. The number of halogens is 1. The van der Waals surface area contributed by atoms with Crippen LogP contribution in [0.2, 0.25) is 5.02 Å². The van der Waals surface area contributed by atoms with Gasteiger partial charge in [0.2, 0.25) is 0 Å². The maximum Gasteiger partial charge on any atom is 0.269 e. The summed E-state index contributed by atoms with van der Waals surface area (Å²) in [5.74, 6) is 0. The van der Waals surface area contributed by atoms with Gasteiger partial charge < -0.3 is 5.11 Å². The van der Waals surface area contributed by atoms with E-state index in [0.717, 1.165) is 18.4 Å². The highest BCUT2D eigenvalue weighted by Crippen LogP contribution is 2.27. The predicted octanol–water partition coefficient (Wildman–Crippen LogP) is 3.38. The molecule has 0 aliphatic heterocycles. The summed E-state index contributed by atoms with van der Waals surface area (Å²) in [6.45, 7) is 1.21. The number of hydrogen-bond acceptors (Lipinski definition) is 4. The molecule has 1 fully saturated rings. The number of nitro benzene ring substituents is 1. The van der Waals surface area contributed by atoms with Crippen LogP contribution < -0.4 is 0 Å². The molecule has 0 radical (unpaired) electrons. The lowest BCUT2D eigenvalue weighted by Gasteiger charge is -2.34. The minimum atomic E-state index is -0.406. The fourth-order valence-corrected chi connectivity index (χ4v) is 3.16. The lowest BCUT2D eigenvalue weighted by atomic mass is 9.94. The topological polar surface area (TPSA) is 66.6 Å². The second kappa shape index (κ2) is 7.73. The minimum absolute atomic E-state index is 0.0574. The molecular weight excluding hydrogens is 292 g/mol. The first kappa shape index (κ1) is 16.2. The number of aliphatic hydroxyl groups excluding tert-OH is 1. The number of aliphatic hydroxyl groups is 1. The Bertz CT molecular complexity index is 490. The van der Waals surface area contributed by atoms with Crippen LogP contribution in [0.4, 0.5) is 5.69 Å². The van der Waals surface area contributed by atoms with E-state index in [2.05, 4.69) is 4.90 Å². The maximum absolute atomic E-state index is 10.9. The van der Waals surface area contributed by atoms with Crippen molar-refractivity contribution < 1.29 is 10.0 Å². The molecule has 1 aromatic rings. The Morgan fingerprint density at radius 2 is 2.05 bits per heavy atom. The number of non-ortho nitro benzene ring substituents is 1. The van der Waals surface area contributed by atoms with Crippen LogP contribution in [0.3, 0.4) is 0 Å². The summed E-state index contributed by atoms with van der Waals surface area (Å²) in [5.41, 5.74) is 0.812. The van der Waals surface area contributed by atoms with Crippen molar-refractivity contribution in [3.05, 3.63) is 38.9 Å². The molecule has 1 aliphatic carbocycles. The van der Waals surface area contributed by atoms with Crippen LogP contribution in [0.15, 0.2) is 18.2 Å². The quantitative estimate of drug-likeness (QED) is 0.646. The van der Waals surface area contributed by atoms with E-state index in [1.807, 2.05) is 0 Å². The first-order chi connectivity index (χ1) is 10.1. The molecule has 0 bridgehead atoms. The Labute approximate surface area is 129 Å². The summed E-state index contributed by atoms with van der Waals surface area (Å²) in [6.07, 6.45) is 5.91. The Kier molecular flexibility index (Phi) is 5.96. The number of benzene rings is 1. The third-order valence-corrected chi connectivity index (χ3v) is 4.46. The molecule has 1 N–H and O–H groups in total. The van der Waals surface area contributed by atoms with E-state index in [1.165, 1.54) is 31.4 Å². The largest absolute Gasteiger partial charge is 0.395 e. The first-order valence-electron chi connectivity index (χ1n) is 7.39. The lowest BCUT2D eigenvalue weighted by Crippen LogP contribution is -2.38. The van der Waals surface area contributed by atoms with Crippen LogP contribution in [0.1, 0.15) is 37.7 Å². The van der Waals surface area contributed by atoms with Crippen molar-refractivity contribution in [1.82, 2.24) is 4.90 Å². The predicted molar refractivity (Wildman–Crippen MR) is 82.5 cm³/mol. The van der Waals surface area contributed by atoms with Gasteiger partial charge in [-0.3, -0.25) is 15.0 Å². The van der Waals surface area contributed by atoms with E-state index >= 15 is 0 Å². The second-order valence-corrected chi connectivity index (χ2v) is 5.93. The molecule has 116 valence electrons. The van der Waals surface area contributed by atoms with E-state index in [-0.39, 0.29) is 12.3 Å². The minimum Gasteiger partial charge on any atom is -0.395 e. The van der Waals surface area contributed by atoms with Crippen molar-refractivity contribution in [2.45, 2.75) is 44.7 Å². The molecule has 2 rings (SSSR count). The van der Waals surface area contributed by atoms with Crippen LogP contribution >= 0.6 is 11.6 Å². The highest BCUT2D eigenvalue weighted by molar-refractivity contribution is 6.31. The number of nitrogens with zero attached hydrogens (tertiary/aromatic N) is 2. The fraction of sp³-hybridized carbons (Fsp3) is 0.600. The van der Waals surface area contributed by atoms with Gasteiger partial charge in [0, 0.05) is 36.3 Å². The number of nitro groups is 1. The molecule has 1 saturated carbocycles. The van der Waals surface area contributed by atoms with Crippen molar-refractivity contribution in [2.24, 2.45) is 0 Å². The van der Waals surface area contributed by atoms with Gasteiger partial charge in [-0.15, -0.1) is 0 Å². The zero-order valence-corrected chi connectivity index (χ0v) is 12.8. The van der Waals surface area contributed by atoms with E-state index in [9.17, 15) is 15.2 Å². The van der Waals surface area contributed by atoms with Crippen LogP contribution in [0.25, 0.3) is 0 Å². The summed E-state index contributed by atoms with van der Waals surface area (Å²) in [6, 6.07) is 4.96. The molecule has 0 unspecified atom stereocenters. The molecule has 1 aromatic carbocycles.